The summed E-state index contributed by atoms with van der Waals surface area (Å²) in [6, 6.07) is 7.44. The van der Waals surface area contributed by atoms with Crippen LogP contribution in [0.1, 0.15) is 51.6 Å². The zero-order chi connectivity index (χ0) is 13.9. The predicted octanol–water partition coefficient (Wildman–Crippen LogP) is 3.82. The highest BCUT2D eigenvalue weighted by Gasteiger charge is 2.32. The summed E-state index contributed by atoms with van der Waals surface area (Å²) < 4.78 is 19.1. The van der Waals surface area contributed by atoms with E-state index in [1.807, 2.05) is 6.07 Å². The largest absolute Gasteiger partial charge is 0.375 e. The van der Waals surface area contributed by atoms with Gasteiger partial charge in [-0.05, 0) is 50.8 Å². The van der Waals surface area contributed by atoms with Crippen molar-refractivity contribution in [2.24, 2.45) is 0 Å². The SMILES string of the molecule is CCC1(C)CC(N[C@H](C)c2cccc(F)c2)CCO1. The molecule has 1 N–H and O–H groups in total. The number of hydrogen-bond acceptors (Lipinski definition) is 2. The summed E-state index contributed by atoms with van der Waals surface area (Å²) in [5, 5.41) is 3.61. The van der Waals surface area contributed by atoms with Crippen molar-refractivity contribution in [1.82, 2.24) is 5.32 Å². The lowest BCUT2D eigenvalue weighted by molar-refractivity contribution is -0.0789. The van der Waals surface area contributed by atoms with Gasteiger partial charge in [0.25, 0.3) is 0 Å². The molecule has 0 aliphatic carbocycles. The summed E-state index contributed by atoms with van der Waals surface area (Å²) in [4.78, 5) is 0. The van der Waals surface area contributed by atoms with Gasteiger partial charge >= 0.3 is 0 Å². The molecule has 19 heavy (non-hydrogen) atoms. The van der Waals surface area contributed by atoms with E-state index in [0.29, 0.717) is 6.04 Å². The summed E-state index contributed by atoms with van der Waals surface area (Å²) in [5.74, 6) is -0.170. The molecule has 2 rings (SSSR count). The fourth-order valence-corrected chi connectivity index (χ4v) is 2.74. The number of ether oxygens (including phenoxy) is 1. The van der Waals surface area contributed by atoms with E-state index in [1.54, 1.807) is 12.1 Å². The second kappa shape index (κ2) is 6.02. The van der Waals surface area contributed by atoms with E-state index < -0.39 is 0 Å². The van der Waals surface area contributed by atoms with Gasteiger partial charge < -0.3 is 10.1 Å². The Morgan fingerprint density at radius 1 is 1.53 bits per heavy atom. The zero-order valence-corrected chi connectivity index (χ0v) is 12.1. The lowest BCUT2D eigenvalue weighted by Crippen LogP contribution is -2.45. The third-order valence-electron chi connectivity index (χ3n) is 4.18. The average Bonchev–Trinajstić information content (AvgIpc) is 2.39. The topological polar surface area (TPSA) is 21.3 Å². The Kier molecular flexibility index (Phi) is 4.58. The first-order valence-corrected chi connectivity index (χ1v) is 7.18. The zero-order valence-electron chi connectivity index (χ0n) is 12.1. The molecule has 0 bridgehead atoms. The lowest BCUT2D eigenvalue weighted by atomic mass is 9.89. The monoisotopic (exact) mass is 265 g/mol. The van der Waals surface area contributed by atoms with Crippen molar-refractivity contribution >= 4 is 0 Å². The molecule has 1 aromatic rings. The average molecular weight is 265 g/mol. The van der Waals surface area contributed by atoms with Crippen LogP contribution >= 0.6 is 0 Å². The molecule has 0 radical (unpaired) electrons. The van der Waals surface area contributed by atoms with Crippen molar-refractivity contribution in [3.63, 3.8) is 0 Å². The van der Waals surface area contributed by atoms with Crippen LogP contribution in [-0.2, 0) is 4.74 Å². The molecule has 0 saturated carbocycles. The standard InChI is InChI=1S/C16H24FNO/c1-4-16(3)11-15(8-9-19-16)18-12(2)13-6-5-7-14(17)10-13/h5-7,10,12,15,18H,4,8-9,11H2,1-3H3/t12-,15?,16?/m1/s1. The molecule has 106 valence electrons. The van der Waals surface area contributed by atoms with Crippen LogP contribution in [0.25, 0.3) is 0 Å². The first-order chi connectivity index (χ1) is 9.02. The Balaban J connectivity index is 1.97. The summed E-state index contributed by atoms with van der Waals surface area (Å²) in [7, 11) is 0. The quantitative estimate of drug-likeness (QED) is 0.893. The van der Waals surface area contributed by atoms with E-state index in [-0.39, 0.29) is 17.5 Å². The van der Waals surface area contributed by atoms with Crippen LogP contribution in [0, 0.1) is 5.82 Å². The maximum atomic E-state index is 13.2. The van der Waals surface area contributed by atoms with Gasteiger partial charge in [-0.3, -0.25) is 0 Å². The molecular weight excluding hydrogens is 241 g/mol. The van der Waals surface area contributed by atoms with E-state index in [0.717, 1.165) is 31.4 Å². The van der Waals surface area contributed by atoms with Gasteiger partial charge in [0.15, 0.2) is 0 Å². The lowest BCUT2D eigenvalue weighted by Gasteiger charge is -2.39. The number of nitrogens with one attached hydrogen (secondary N) is 1. The predicted molar refractivity (Wildman–Crippen MR) is 75.6 cm³/mol. The number of rotatable bonds is 4. The maximum absolute atomic E-state index is 13.2. The smallest absolute Gasteiger partial charge is 0.123 e. The molecule has 0 amide bonds. The van der Waals surface area contributed by atoms with Gasteiger partial charge in [0.1, 0.15) is 5.82 Å². The molecule has 1 aliphatic rings. The van der Waals surface area contributed by atoms with Crippen LogP contribution in [0.15, 0.2) is 24.3 Å². The normalized spacial score (nSPS) is 29.2. The molecule has 2 nitrogen and oxygen atoms in total. The minimum Gasteiger partial charge on any atom is -0.375 e. The Morgan fingerprint density at radius 3 is 3.00 bits per heavy atom. The second-order valence-electron chi connectivity index (χ2n) is 5.79. The molecule has 1 heterocycles. The fourth-order valence-electron chi connectivity index (χ4n) is 2.74. The van der Waals surface area contributed by atoms with Crippen LogP contribution in [0.2, 0.25) is 0 Å². The van der Waals surface area contributed by atoms with Crippen molar-refractivity contribution in [2.45, 2.75) is 57.7 Å². The Labute approximate surface area is 115 Å². The van der Waals surface area contributed by atoms with Gasteiger partial charge in [-0.1, -0.05) is 19.1 Å². The molecule has 1 fully saturated rings. The molecule has 0 spiro atoms. The van der Waals surface area contributed by atoms with Crippen molar-refractivity contribution in [3.05, 3.63) is 35.6 Å². The van der Waals surface area contributed by atoms with Gasteiger partial charge in [0.05, 0.1) is 5.60 Å². The fraction of sp³-hybridized carbons (Fsp3) is 0.625. The Bertz CT molecular complexity index is 423. The Hall–Kier alpha value is -0.930. The van der Waals surface area contributed by atoms with Crippen LogP contribution in [-0.4, -0.2) is 18.2 Å². The van der Waals surface area contributed by atoms with Gasteiger partial charge in [-0.25, -0.2) is 4.39 Å². The minimum absolute atomic E-state index is 0.0163. The third kappa shape index (κ3) is 3.77. The molecule has 1 aromatic carbocycles. The first-order valence-electron chi connectivity index (χ1n) is 7.18. The summed E-state index contributed by atoms with van der Waals surface area (Å²) in [6.07, 6.45) is 3.07. The molecule has 1 aliphatic heterocycles. The van der Waals surface area contributed by atoms with Crippen molar-refractivity contribution in [1.29, 1.82) is 0 Å². The highest BCUT2D eigenvalue weighted by molar-refractivity contribution is 5.19. The second-order valence-corrected chi connectivity index (χ2v) is 5.79. The molecular formula is C16H24FNO. The van der Waals surface area contributed by atoms with Crippen molar-refractivity contribution in [3.8, 4) is 0 Å². The van der Waals surface area contributed by atoms with Crippen molar-refractivity contribution < 1.29 is 9.13 Å². The number of halogens is 1. The van der Waals surface area contributed by atoms with E-state index in [9.17, 15) is 4.39 Å². The third-order valence-corrected chi connectivity index (χ3v) is 4.18. The molecule has 3 atom stereocenters. The molecule has 3 heteroatoms. The summed E-state index contributed by atoms with van der Waals surface area (Å²) in [5.41, 5.74) is 0.988. The van der Waals surface area contributed by atoms with E-state index in [1.165, 1.54) is 6.07 Å². The van der Waals surface area contributed by atoms with Crippen molar-refractivity contribution in [2.75, 3.05) is 6.61 Å². The van der Waals surface area contributed by atoms with E-state index in [4.69, 9.17) is 4.74 Å². The van der Waals surface area contributed by atoms with Gasteiger partial charge in [0, 0.05) is 18.7 Å². The van der Waals surface area contributed by atoms with Gasteiger partial charge in [-0.15, -0.1) is 0 Å². The minimum atomic E-state index is -0.170. The number of hydrogen-bond donors (Lipinski definition) is 1. The molecule has 2 unspecified atom stereocenters. The molecule has 1 saturated heterocycles. The van der Waals surface area contributed by atoms with Crippen LogP contribution in [0.5, 0.6) is 0 Å². The maximum Gasteiger partial charge on any atom is 0.123 e. The van der Waals surface area contributed by atoms with E-state index in [2.05, 4.69) is 26.1 Å². The highest BCUT2D eigenvalue weighted by Crippen LogP contribution is 2.29. The number of benzene rings is 1. The van der Waals surface area contributed by atoms with Crippen LogP contribution in [0.3, 0.4) is 0 Å². The van der Waals surface area contributed by atoms with Gasteiger partial charge in [-0.2, -0.15) is 0 Å². The molecule has 0 aromatic heterocycles. The van der Waals surface area contributed by atoms with Gasteiger partial charge in [0.2, 0.25) is 0 Å². The van der Waals surface area contributed by atoms with Crippen LogP contribution < -0.4 is 5.32 Å². The summed E-state index contributed by atoms with van der Waals surface area (Å²) >= 11 is 0. The van der Waals surface area contributed by atoms with E-state index >= 15 is 0 Å². The Morgan fingerprint density at radius 2 is 2.32 bits per heavy atom. The van der Waals surface area contributed by atoms with Crippen LogP contribution in [0.4, 0.5) is 4.39 Å². The first kappa shape index (κ1) is 14.5. The highest BCUT2D eigenvalue weighted by atomic mass is 19.1. The summed E-state index contributed by atoms with van der Waals surface area (Å²) in [6.45, 7) is 7.23.